The molecule has 1 aromatic carbocycles. The molecule has 3 heteroatoms. The van der Waals surface area contributed by atoms with Gasteiger partial charge in [-0.1, -0.05) is 0 Å². The van der Waals surface area contributed by atoms with Crippen LogP contribution in [0.1, 0.15) is 19.4 Å². The molecule has 0 saturated carbocycles. The third-order valence-electron chi connectivity index (χ3n) is 1.19. The van der Waals surface area contributed by atoms with Crippen LogP contribution in [0.5, 0.6) is 5.75 Å². The van der Waals surface area contributed by atoms with Crippen LogP contribution in [0.2, 0.25) is 0 Å². The molecule has 58 valence electrons. The van der Waals surface area contributed by atoms with Crippen LogP contribution < -0.4 is 0 Å². The van der Waals surface area contributed by atoms with Gasteiger partial charge in [-0.3, -0.25) is 0 Å². The van der Waals surface area contributed by atoms with E-state index >= 15 is 0 Å². The summed E-state index contributed by atoms with van der Waals surface area (Å²) in [5, 5.41) is 11.8. The number of nitroso groups, excluding NO2 is 1. The number of hydrogen-bond acceptors (Lipinski definition) is 3. The molecule has 0 heterocycles. The van der Waals surface area contributed by atoms with Crippen molar-refractivity contribution in [3.8, 4) is 5.75 Å². The molecule has 0 bridgehead atoms. The number of hydrogen-bond donors (Lipinski definition) is 1. The smallest absolute Gasteiger partial charge is 0.116 e. The maximum atomic E-state index is 10.6. The van der Waals surface area contributed by atoms with Gasteiger partial charge in [0, 0.05) is 8.22 Å². The SMILES string of the molecule is [2H]C([2H])([2H])c1cc(O)cc(C([2H])([2H])[2H])c1N=O. The molecule has 1 N–H and O–H groups in total. The van der Waals surface area contributed by atoms with Crippen molar-refractivity contribution in [2.24, 2.45) is 5.18 Å². The Labute approximate surface area is 73.1 Å². The van der Waals surface area contributed by atoms with Gasteiger partial charge in [0.1, 0.15) is 11.4 Å². The van der Waals surface area contributed by atoms with Crippen molar-refractivity contribution in [3.05, 3.63) is 28.2 Å². The van der Waals surface area contributed by atoms with E-state index in [2.05, 4.69) is 5.18 Å². The molecule has 0 aliphatic carbocycles. The van der Waals surface area contributed by atoms with Crippen LogP contribution in [0.25, 0.3) is 0 Å². The molecule has 0 spiro atoms. The minimum absolute atomic E-state index is 0.533. The first kappa shape index (κ1) is 2.93. The highest BCUT2D eigenvalue weighted by Crippen LogP contribution is 2.27. The fourth-order valence-electron chi connectivity index (χ4n) is 0.718. The van der Waals surface area contributed by atoms with E-state index in [1.165, 1.54) is 0 Å². The van der Waals surface area contributed by atoms with Crippen LogP contribution in [0, 0.1) is 18.6 Å². The van der Waals surface area contributed by atoms with Gasteiger partial charge in [-0.15, -0.1) is 4.91 Å². The van der Waals surface area contributed by atoms with E-state index in [0.717, 1.165) is 12.1 Å². The zero-order valence-corrected chi connectivity index (χ0v) is 5.46. The van der Waals surface area contributed by atoms with Gasteiger partial charge >= 0.3 is 0 Å². The first-order valence-corrected chi connectivity index (χ1v) is 2.78. The number of nitrogens with zero attached hydrogens (tertiary/aromatic N) is 1. The van der Waals surface area contributed by atoms with Crippen LogP contribution in [-0.2, 0) is 0 Å². The van der Waals surface area contributed by atoms with Crippen molar-refractivity contribution in [3.63, 3.8) is 0 Å². The van der Waals surface area contributed by atoms with Gasteiger partial charge in [-0.05, 0) is 42.1 Å². The highest BCUT2D eigenvalue weighted by atomic mass is 16.3. The molecule has 0 aliphatic heterocycles. The Morgan fingerprint density at radius 3 is 2.36 bits per heavy atom. The summed E-state index contributed by atoms with van der Waals surface area (Å²) in [6.45, 7) is -5.44. The first-order chi connectivity index (χ1) is 7.57. The Morgan fingerprint density at radius 2 is 2.00 bits per heavy atom. The van der Waals surface area contributed by atoms with Crippen molar-refractivity contribution in [2.45, 2.75) is 13.7 Å². The lowest BCUT2D eigenvalue weighted by molar-refractivity contribution is 0.474. The first-order valence-electron chi connectivity index (χ1n) is 5.78. The van der Waals surface area contributed by atoms with Crippen molar-refractivity contribution in [1.29, 1.82) is 0 Å². The van der Waals surface area contributed by atoms with Crippen LogP contribution in [0.15, 0.2) is 17.3 Å². The zero-order chi connectivity index (χ0) is 13.4. The highest BCUT2D eigenvalue weighted by Gasteiger charge is 2.03. The fourth-order valence-corrected chi connectivity index (χ4v) is 0.718. The van der Waals surface area contributed by atoms with Crippen molar-refractivity contribution in [1.82, 2.24) is 0 Å². The summed E-state index contributed by atoms with van der Waals surface area (Å²) in [5.41, 5.74) is -1.81. The molecule has 0 atom stereocenters. The summed E-state index contributed by atoms with van der Waals surface area (Å²) in [6, 6.07) is 1.64. The minimum Gasteiger partial charge on any atom is -0.508 e. The van der Waals surface area contributed by atoms with Gasteiger partial charge in [0.05, 0.1) is 0 Å². The van der Waals surface area contributed by atoms with Gasteiger partial charge in [0.15, 0.2) is 0 Å². The number of phenolic OH excluding ortho intramolecular Hbond substituents is 1. The van der Waals surface area contributed by atoms with Crippen molar-refractivity contribution in [2.75, 3.05) is 0 Å². The van der Waals surface area contributed by atoms with Crippen LogP contribution >= 0.6 is 0 Å². The van der Waals surface area contributed by atoms with Gasteiger partial charge in [-0.25, -0.2) is 0 Å². The topological polar surface area (TPSA) is 49.7 Å². The monoisotopic (exact) mass is 157 g/mol. The van der Waals surface area contributed by atoms with E-state index in [0.29, 0.717) is 0 Å². The predicted molar refractivity (Wildman–Crippen MR) is 43.0 cm³/mol. The second-order valence-electron chi connectivity index (χ2n) is 1.98. The van der Waals surface area contributed by atoms with E-state index in [4.69, 9.17) is 8.22 Å². The molecule has 0 unspecified atom stereocenters. The van der Waals surface area contributed by atoms with E-state index in [1.54, 1.807) is 0 Å². The molecule has 0 saturated heterocycles. The van der Waals surface area contributed by atoms with Gasteiger partial charge in [0.25, 0.3) is 0 Å². The van der Waals surface area contributed by atoms with Gasteiger partial charge < -0.3 is 5.11 Å². The summed E-state index contributed by atoms with van der Waals surface area (Å²) in [4.78, 5) is 10.6. The fraction of sp³-hybridized carbons (Fsp3) is 0.250. The molecule has 0 amide bonds. The second-order valence-corrected chi connectivity index (χ2v) is 1.98. The maximum Gasteiger partial charge on any atom is 0.116 e. The Morgan fingerprint density at radius 1 is 1.45 bits per heavy atom. The lowest BCUT2D eigenvalue weighted by Gasteiger charge is -2.01. The number of phenols is 1. The number of rotatable bonds is 1. The van der Waals surface area contributed by atoms with Crippen LogP contribution in [-0.4, -0.2) is 5.11 Å². The van der Waals surface area contributed by atoms with Crippen LogP contribution in [0.3, 0.4) is 0 Å². The van der Waals surface area contributed by atoms with E-state index in [1.807, 2.05) is 0 Å². The maximum absolute atomic E-state index is 10.6. The predicted octanol–water partition coefficient (Wildman–Crippen LogP) is 2.41. The molecule has 1 aromatic rings. The zero-order valence-electron chi connectivity index (χ0n) is 11.5. The number of aromatic hydroxyl groups is 1. The van der Waals surface area contributed by atoms with E-state index in [9.17, 15) is 10.0 Å². The minimum atomic E-state index is -2.72. The Hall–Kier alpha value is -1.38. The molecule has 11 heavy (non-hydrogen) atoms. The average molecular weight is 157 g/mol. The van der Waals surface area contributed by atoms with E-state index in [-0.39, 0.29) is 0 Å². The lowest BCUT2D eigenvalue weighted by Crippen LogP contribution is -1.78. The molecule has 0 aliphatic rings. The third kappa shape index (κ3) is 1.37. The Balaban J connectivity index is 3.64. The average Bonchev–Trinajstić information content (AvgIpc) is 2.13. The Kier molecular flexibility index (Phi) is 0.719. The molecular formula is C8H9NO2. The van der Waals surface area contributed by atoms with Gasteiger partial charge in [-0.2, -0.15) is 0 Å². The number of benzene rings is 1. The summed E-state index contributed by atoms with van der Waals surface area (Å²) < 4.78 is 42.9. The second kappa shape index (κ2) is 2.70. The van der Waals surface area contributed by atoms with Crippen LogP contribution in [0.4, 0.5) is 5.69 Å². The van der Waals surface area contributed by atoms with Crippen molar-refractivity contribution < 1.29 is 13.3 Å². The molecule has 1 rings (SSSR count). The van der Waals surface area contributed by atoms with Gasteiger partial charge in [0.2, 0.25) is 0 Å². The molecular weight excluding hydrogens is 142 g/mol. The summed E-state index contributed by atoms with van der Waals surface area (Å²) >= 11 is 0. The lowest BCUT2D eigenvalue weighted by atomic mass is 10.1. The molecule has 0 fully saturated rings. The molecule has 0 radical (unpaired) electrons. The number of aryl methyl sites for hydroxylation is 2. The van der Waals surface area contributed by atoms with E-state index < -0.39 is 36.3 Å². The largest absolute Gasteiger partial charge is 0.508 e. The molecule has 3 nitrogen and oxygen atoms in total. The highest BCUT2D eigenvalue weighted by molar-refractivity contribution is 5.54. The Bertz CT molecular complexity index is 415. The quantitative estimate of drug-likeness (QED) is 0.636. The van der Waals surface area contributed by atoms with Crippen molar-refractivity contribution >= 4 is 5.69 Å². The third-order valence-corrected chi connectivity index (χ3v) is 1.19. The standard InChI is InChI=1S/C8H9NO2/c1-5-3-7(10)4-6(2)8(5)9-11/h3-4,10H,1-2H3/i1D3,2D3. The summed E-state index contributed by atoms with van der Waals surface area (Å²) in [5.74, 6) is -0.533. The normalized spacial score (nSPS) is 20.0. The molecule has 0 aromatic heterocycles. The summed E-state index contributed by atoms with van der Waals surface area (Å²) in [6.07, 6.45) is 0. The summed E-state index contributed by atoms with van der Waals surface area (Å²) in [7, 11) is 0.